The molecule has 0 bridgehead atoms. The summed E-state index contributed by atoms with van der Waals surface area (Å²) >= 11 is 0. The summed E-state index contributed by atoms with van der Waals surface area (Å²) in [5.41, 5.74) is 3.70. The number of aryl methyl sites for hydroxylation is 2. The number of rotatable bonds is 1. The molecule has 0 unspecified atom stereocenters. The average Bonchev–Trinajstić information content (AvgIpc) is 2.23. The Bertz CT molecular complexity index is 352. The van der Waals surface area contributed by atoms with E-state index in [0.717, 1.165) is 25.2 Å². The maximum atomic E-state index is 5.72. The zero-order chi connectivity index (χ0) is 10.9. The van der Waals surface area contributed by atoms with Gasteiger partial charge in [-0.1, -0.05) is 18.2 Å². The molecule has 0 amide bonds. The summed E-state index contributed by atoms with van der Waals surface area (Å²) in [5.74, 6) is -0.545. The molecule has 1 heterocycles. The van der Waals surface area contributed by atoms with Gasteiger partial charge in [0.15, 0.2) is 5.79 Å². The van der Waals surface area contributed by atoms with Gasteiger partial charge in [-0.25, -0.2) is 0 Å². The average molecular weight is 206 g/mol. The molecular formula is C13H18O2. The van der Waals surface area contributed by atoms with Crippen LogP contribution < -0.4 is 0 Å². The van der Waals surface area contributed by atoms with Gasteiger partial charge in [-0.15, -0.1) is 0 Å². The first-order valence-corrected chi connectivity index (χ1v) is 5.47. The Balaban J connectivity index is 2.31. The molecule has 1 aromatic carbocycles. The molecule has 2 nitrogen and oxygen atoms in total. The molecule has 0 N–H and O–H groups in total. The third-order valence-corrected chi connectivity index (χ3v) is 3.07. The first kappa shape index (κ1) is 10.7. The van der Waals surface area contributed by atoms with E-state index in [4.69, 9.17) is 9.47 Å². The van der Waals surface area contributed by atoms with Crippen LogP contribution in [-0.4, -0.2) is 13.2 Å². The Labute approximate surface area is 91.2 Å². The van der Waals surface area contributed by atoms with E-state index in [2.05, 4.69) is 32.0 Å². The van der Waals surface area contributed by atoms with Gasteiger partial charge >= 0.3 is 0 Å². The van der Waals surface area contributed by atoms with E-state index < -0.39 is 5.79 Å². The zero-order valence-corrected chi connectivity index (χ0v) is 9.67. The van der Waals surface area contributed by atoms with Gasteiger partial charge in [-0.05, 0) is 38.3 Å². The summed E-state index contributed by atoms with van der Waals surface area (Å²) in [7, 11) is 0. The summed E-state index contributed by atoms with van der Waals surface area (Å²) in [6, 6.07) is 6.37. The van der Waals surface area contributed by atoms with Crippen LogP contribution in [0.5, 0.6) is 0 Å². The van der Waals surface area contributed by atoms with Crippen LogP contribution in [0.15, 0.2) is 18.2 Å². The summed E-state index contributed by atoms with van der Waals surface area (Å²) in [4.78, 5) is 0. The minimum atomic E-state index is -0.545. The van der Waals surface area contributed by atoms with Crippen LogP contribution >= 0.6 is 0 Å². The fourth-order valence-electron chi connectivity index (χ4n) is 1.83. The molecule has 82 valence electrons. The number of hydrogen-bond donors (Lipinski definition) is 0. The summed E-state index contributed by atoms with van der Waals surface area (Å²) < 4.78 is 11.4. The smallest absolute Gasteiger partial charge is 0.191 e. The second kappa shape index (κ2) is 3.95. The minimum Gasteiger partial charge on any atom is -0.346 e. The lowest BCUT2D eigenvalue weighted by molar-refractivity contribution is -0.264. The first-order valence-electron chi connectivity index (χ1n) is 5.47. The van der Waals surface area contributed by atoms with Gasteiger partial charge in [0, 0.05) is 5.56 Å². The highest BCUT2D eigenvalue weighted by molar-refractivity contribution is 5.32. The van der Waals surface area contributed by atoms with Crippen LogP contribution in [0.4, 0.5) is 0 Å². The summed E-state index contributed by atoms with van der Waals surface area (Å²) in [5, 5.41) is 0. The van der Waals surface area contributed by atoms with E-state index >= 15 is 0 Å². The van der Waals surface area contributed by atoms with Crippen molar-refractivity contribution in [3.63, 3.8) is 0 Å². The van der Waals surface area contributed by atoms with E-state index in [0.29, 0.717) is 0 Å². The number of benzene rings is 1. The van der Waals surface area contributed by atoms with E-state index in [-0.39, 0.29) is 0 Å². The molecule has 1 saturated heterocycles. The van der Waals surface area contributed by atoms with Crippen LogP contribution in [0.3, 0.4) is 0 Å². The van der Waals surface area contributed by atoms with Crippen molar-refractivity contribution in [1.82, 2.24) is 0 Å². The fraction of sp³-hybridized carbons (Fsp3) is 0.538. The molecule has 1 aliphatic heterocycles. The standard InChI is InChI=1S/C13H18O2/c1-10-5-6-12(9-11(10)2)13(3)14-7-4-8-15-13/h5-6,9H,4,7-8H2,1-3H3. The van der Waals surface area contributed by atoms with E-state index in [1.54, 1.807) is 0 Å². The van der Waals surface area contributed by atoms with Gasteiger partial charge in [0.2, 0.25) is 0 Å². The Hall–Kier alpha value is -0.860. The van der Waals surface area contributed by atoms with E-state index in [1.165, 1.54) is 11.1 Å². The highest BCUT2D eigenvalue weighted by atomic mass is 16.7. The fourth-order valence-corrected chi connectivity index (χ4v) is 1.83. The molecule has 0 spiro atoms. The van der Waals surface area contributed by atoms with Gasteiger partial charge in [0.25, 0.3) is 0 Å². The van der Waals surface area contributed by atoms with Crippen molar-refractivity contribution in [3.8, 4) is 0 Å². The van der Waals surface area contributed by atoms with Gasteiger partial charge in [0.05, 0.1) is 13.2 Å². The van der Waals surface area contributed by atoms with E-state index in [9.17, 15) is 0 Å². The summed E-state index contributed by atoms with van der Waals surface area (Å²) in [6.07, 6.45) is 0.987. The SMILES string of the molecule is Cc1ccc(C2(C)OCCCO2)cc1C. The molecule has 1 fully saturated rings. The Morgan fingerprint density at radius 3 is 2.33 bits per heavy atom. The Morgan fingerprint density at radius 2 is 1.73 bits per heavy atom. The third-order valence-electron chi connectivity index (χ3n) is 3.07. The largest absolute Gasteiger partial charge is 0.346 e. The van der Waals surface area contributed by atoms with Crippen LogP contribution in [0.25, 0.3) is 0 Å². The van der Waals surface area contributed by atoms with Crippen LogP contribution in [0.2, 0.25) is 0 Å². The lowest BCUT2D eigenvalue weighted by Crippen LogP contribution is -2.34. The van der Waals surface area contributed by atoms with Crippen molar-refractivity contribution < 1.29 is 9.47 Å². The Morgan fingerprint density at radius 1 is 1.07 bits per heavy atom. The van der Waals surface area contributed by atoms with Crippen molar-refractivity contribution in [2.45, 2.75) is 33.0 Å². The van der Waals surface area contributed by atoms with Crippen molar-refractivity contribution in [3.05, 3.63) is 34.9 Å². The summed E-state index contributed by atoms with van der Waals surface area (Å²) in [6.45, 7) is 7.79. The topological polar surface area (TPSA) is 18.5 Å². The molecule has 0 saturated carbocycles. The second-order valence-electron chi connectivity index (χ2n) is 4.30. The van der Waals surface area contributed by atoms with Crippen molar-refractivity contribution in [2.75, 3.05) is 13.2 Å². The minimum absolute atomic E-state index is 0.545. The predicted octanol–water partition coefficient (Wildman–Crippen LogP) is 2.91. The molecule has 2 rings (SSSR count). The molecule has 1 aliphatic rings. The zero-order valence-electron chi connectivity index (χ0n) is 9.67. The molecule has 1 aromatic rings. The highest BCUT2D eigenvalue weighted by Crippen LogP contribution is 2.31. The lowest BCUT2D eigenvalue weighted by Gasteiger charge is -2.34. The third kappa shape index (κ3) is 2.06. The Kier molecular flexibility index (Phi) is 2.81. The quantitative estimate of drug-likeness (QED) is 0.703. The van der Waals surface area contributed by atoms with Gasteiger partial charge in [-0.2, -0.15) is 0 Å². The lowest BCUT2D eigenvalue weighted by atomic mass is 10.0. The monoisotopic (exact) mass is 206 g/mol. The van der Waals surface area contributed by atoms with Crippen LogP contribution in [0, 0.1) is 13.8 Å². The predicted molar refractivity (Wildman–Crippen MR) is 59.8 cm³/mol. The molecule has 15 heavy (non-hydrogen) atoms. The molecule has 0 aliphatic carbocycles. The maximum Gasteiger partial charge on any atom is 0.191 e. The second-order valence-corrected chi connectivity index (χ2v) is 4.30. The highest BCUT2D eigenvalue weighted by Gasteiger charge is 2.31. The number of hydrogen-bond acceptors (Lipinski definition) is 2. The molecule has 0 atom stereocenters. The van der Waals surface area contributed by atoms with E-state index in [1.807, 2.05) is 6.92 Å². The molecule has 2 heteroatoms. The first-order chi connectivity index (χ1) is 7.12. The number of ether oxygens (including phenoxy) is 2. The van der Waals surface area contributed by atoms with Gasteiger partial charge in [-0.3, -0.25) is 0 Å². The van der Waals surface area contributed by atoms with Crippen LogP contribution in [0.1, 0.15) is 30.0 Å². The van der Waals surface area contributed by atoms with Crippen molar-refractivity contribution >= 4 is 0 Å². The van der Waals surface area contributed by atoms with Gasteiger partial charge in [0.1, 0.15) is 0 Å². The molecule has 0 radical (unpaired) electrons. The molecule has 0 aromatic heterocycles. The van der Waals surface area contributed by atoms with Crippen LogP contribution in [-0.2, 0) is 15.3 Å². The van der Waals surface area contributed by atoms with Gasteiger partial charge < -0.3 is 9.47 Å². The normalized spacial score (nSPS) is 20.2. The van der Waals surface area contributed by atoms with Crippen molar-refractivity contribution in [2.24, 2.45) is 0 Å². The molecular weight excluding hydrogens is 188 g/mol. The van der Waals surface area contributed by atoms with Crippen molar-refractivity contribution in [1.29, 1.82) is 0 Å². The maximum absolute atomic E-state index is 5.72.